The van der Waals surface area contributed by atoms with Crippen LogP contribution in [0.4, 0.5) is 9.59 Å². The third-order valence-electron chi connectivity index (χ3n) is 17.7. The zero-order valence-corrected chi connectivity index (χ0v) is 61.3. The first-order valence-corrected chi connectivity index (χ1v) is 37.9. The number of carbonyl (C=O) groups excluding carboxylic acids is 11. The molecular weight excluding hydrogens is 1420 g/mol. The van der Waals surface area contributed by atoms with E-state index in [4.69, 9.17) is 24.7 Å². The molecule has 9 rings (SSSR count). The van der Waals surface area contributed by atoms with E-state index in [1.807, 2.05) is 36.4 Å². The van der Waals surface area contributed by atoms with Crippen molar-refractivity contribution in [3.63, 3.8) is 0 Å². The highest BCUT2D eigenvalue weighted by atomic mass is 33.1. The van der Waals surface area contributed by atoms with Gasteiger partial charge in [-0.15, -0.1) is 0 Å². The minimum absolute atomic E-state index is 0.0000379. The van der Waals surface area contributed by atoms with Gasteiger partial charge in [-0.1, -0.05) is 222 Å². The van der Waals surface area contributed by atoms with Gasteiger partial charge < -0.3 is 72.5 Å². The highest BCUT2D eigenvalue weighted by Gasteiger charge is 2.39. The summed E-state index contributed by atoms with van der Waals surface area (Å²) in [6.07, 6.45) is -2.16. The third-order valence-corrected chi connectivity index (χ3v) is 20.1. The lowest BCUT2D eigenvalue weighted by Crippen LogP contribution is -2.63. The molecule has 10 unspecified atom stereocenters. The molecule has 0 spiro atoms. The van der Waals surface area contributed by atoms with Crippen molar-refractivity contribution in [2.75, 3.05) is 18.1 Å². The summed E-state index contributed by atoms with van der Waals surface area (Å²) in [5.41, 5.74) is 10.9. The molecule has 0 aliphatic carbocycles. The van der Waals surface area contributed by atoms with Gasteiger partial charge in [0.1, 0.15) is 61.5 Å². The van der Waals surface area contributed by atoms with Crippen LogP contribution in [-0.2, 0) is 108 Å². The van der Waals surface area contributed by atoms with E-state index in [1.54, 1.807) is 170 Å². The fourth-order valence-corrected chi connectivity index (χ4v) is 14.1. The molecule has 7 aromatic carbocycles. The number of hydrogen-bond acceptors (Lipinski definition) is 17. The monoisotopic (exact) mass is 1510 g/mol. The Morgan fingerprint density at radius 1 is 0.528 bits per heavy atom. The summed E-state index contributed by atoms with van der Waals surface area (Å²) in [4.78, 5) is 160. The van der Waals surface area contributed by atoms with E-state index in [9.17, 15) is 19.2 Å². The number of ether oxygens (including phenoxy) is 4. The van der Waals surface area contributed by atoms with Crippen molar-refractivity contribution >= 4 is 98.3 Å². The van der Waals surface area contributed by atoms with Crippen LogP contribution in [0.1, 0.15) is 72.1 Å². The highest BCUT2D eigenvalue weighted by molar-refractivity contribution is 8.76. The summed E-state index contributed by atoms with van der Waals surface area (Å²) in [6, 6.07) is 47.9. The lowest BCUT2D eigenvalue weighted by atomic mass is 10.0. The Labute approximate surface area is 633 Å². The van der Waals surface area contributed by atoms with E-state index >= 15 is 33.6 Å². The van der Waals surface area contributed by atoms with E-state index in [0.717, 1.165) is 32.7 Å². The topological polar surface area (TPSA) is 364 Å². The SMILES string of the molecule is CC(OCc1ccccc1)C(NC(=O)C1CSSCC(NC(=O)C(Cc2ccccc2)NC(=O)OCc2ccccc2)C(=O)NC(Cc2ccccc2)C(=O)NC(Cc2cn(C=O)c3ccccc23)C(=O)NC(CCCCNC(=O)OCc2ccccc2)C(=O)NC(C(C)OCc2ccccc2)C(=O)N1)C(N)=O. The molecular formula is C80H89N11O15S2. The van der Waals surface area contributed by atoms with Gasteiger partial charge in [-0.05, 0) is 78.1 Å². The van der Waals surface area contributed by atoms with Crippen molar-refractivity contribution in [1.29, 1.82) is 0 Å². The van der Waals surface area contributed by atoms with Crippen LogP contribution in [0.3, 0.4) is 0 Å². The van der Waals surface area contributed by atoms with Crippen molar-refractivity contribution in [1.82, 2.24) is 52.4 Å². The molecule has 566 valence electrons. The number of primary amides is 1. The van der Waals surface area contributed by atoms with Gasteiger partial charge in [0.2, 0.25) is 53.7 Å². The van der Waals surface area contributed by atoms with E-state index < -0.39 is 120 Å². The van der Waals surface area contributed by atoms with Crippen LogP contribution in [0.15, 0.2) is 212 Å². The number of hydrogen-bond donors (Lipinski definition) is 10. The summed E-state index contributed by atoms with van der Waals surface area (Å²) < 4.78 is 24.7. The third kappa shape index (κ3) is 25.4. The van der Waals surface area contributed by atoms with Gasteiger partial charge in [-0.25, -0.2) is 9.59 Å². The molecule has 0 bridgehead atoms. The number of amides is 10. The maximum atomic E-state index is 15.6. The number of benzene rings is 7. The van der Waals surface area contributed by atoms with Crippen molar-refractivity contribution in [2.45, 2.75) is 139 Å². The largest absolute Gasteiger partial charge is 0.445 e. The Hall–Kier alpha value is -11.3. The van der Waals surface area contributed by atoms with E-state index in [-0.39, 0.29) is 83.0 Å². The number of nitrogens with two attached hydrogens (primary N) is 1. The normalized spacial score (nSPS) is 18.6. The molecule has 108 heavy (non-hydrogen) atoms. The molecule has 2 heterocycles. The van der Waals surface area contributed by atoms with Crippen molar-refractivity contribution in [3.8, 4) is 0 Å². The predicted octanol–water partition coefficient (Wildman–Crippen LogP) is 6.58. The molecule has 0 radical (unpaired) electrons. The quantitative estimate of drug-likeness (QED) is 0.0129. The van der Waals surface area contributed by atoms with Crippen molar-refractivity contribution in [2.24, 2.45) is 5.73 Å². The minimum Gasteiger partial charge on any atom is -0.445 e. The van der Waals surface area contributed by atoms with Gasteiger partial charge >= 0.3 is 12.2 Å². The first-order valence-electron chi connectivity index (χ1n) is 35.4. The smallest absolute Gasteiger partial charge is 0.408 e. The first kappa shape index (κ1) is 80.8. The second-order valence-corrected chi connectivity index (χ2v) is 28.3. The number of fused-ring (bicyclic) bond motifs is 1. The fraction of sp³-hybridized carbons (Fsp3) is 0.312. The number of nitrogens with zero attached hydrogens (tertiary/aromatic N) is 1. The summed E-state index contributed by atoms with van der Waals surface area (Å²) in [6.45, 7) is 2.94. The standard InChI is InChI=1S/C80H89N11O15S2/c1-52(103-45-56-29-13-5-14-30-56)69(71(81)93)89-77(99)67-50-108-107-49-66(86-74(96)64(42-55-27-11-4-12-28-55)88-80(102)106-48-59-35-19-8-20-36-59)76(98)84-63(41-54-25-9-3-10-26-54)73(95)85-65(43-60-44-91(51-92)68-39-22-21-37-61(60)68)75(97)83-62(38-23-24-40-82-79(101)105-47-58-33-17-7-18-34-58)72(94)90-70(78(100)87-67)53(2)104-46-57-31-15-6-16-32-57/h3-22,25-37,39,44,51-53,62-67,69-70H,23-24,38,40-43,45-50H2,1-2H3,(H2,81,93)(H,82,101)(H,83,97)(H,84,98)(H,85,95)(H,86,96)(H,87,100)(H,88,102)(H,89,99)(H,90,94). The average Bonchev–Trinajstić information content (AvgIpc) is 1.64. The van der Waals surface area contributed by atoms with Crippen LogP contribution in [-0.4, -0.2) is 149 Å². The number of para-hydroxylation sites is 1. The van der Waals surface area contributed by atoms with Gasteiger partial charge in [0.05, 0.1) is 30.9 Å². The molecule has 26 nitrogen and oxygen atoms in total. The maximum Gasteiger partial charge on any atom is 0.408 e. The Morgan fingerprint density at radius 3 is 1.60 bits per heavy atom. The van der Waals surface area contributed by atoms with E-state index in [0.29, 0.717) is 45.1 Å². The Balaban J connectivity index is 1.10. The minimum atomic E-state index is -1.67. The van der Waals surface area contributed by atoms with E-state index in [1.165, 1.54) is 24.6 Å². The average molecular weight is 1510 g/mol. The van der Waals surface area contributed by atoms with Crippen LogP contribution in [0.5, 0.6) is 0 Å². The Bertz CT molecular complexity index is 4290. The summed E-state index contributed by atoms with van der Waals surface area (Å²) in [5, 5.41) is 25.5. The molecule has 1 aliphatic rings. The second kappa shape index (κ2) is 42.1. The molecule has 0 saturated carbocycles. The van der Waals surface area contributed by atoms with Crippen LogP contribution < -0.4 is 53.6 Å². The van der Waals surface area contributed by atoms with Gasteiger partial charge in [0.15, 0.2) is 0 Å². The number of alkyl carbamates (subject to hydrolysis) is 2. The number of nitrogens with one attached hydrogen (secondary N) is 9. The highest BCUT2D eigenvalue weighted by Crippen LogP contribution is 2.26. The summed E-state index contributed by atoms with van der Waals surface area (Å²) in [5.74, 6) is -8.04. The van der Waals surface area contributed by atoms with Crippen LogP contribution in [0.25, 0.3) is 10.9 Å². The summed E-state index contributed by atoms with van der Waals surface area (Å²) >= 11 is 0. The maximum absolute atomic E-state index is 15.6. The Morgan fingerprint density at radius 2 is 1.02 bits per heavy atom. The van der Waals surface area contributed by atoms with Crippen molar-refractivity contribution < 1.29 is 71.7 Å². The lowest BCUT2D eigenvalue weighted by Gasteiger charge is -2.30. The summed E-state index contributed by atoms with van der Waals surface area (Å²) in [7, 11) is 1.93. The fourth-order valence-electron chi connectivity index (χ4n) is 11.8. The molecule has 1 aliphatic heterocycles. The van der Waals surface area contributed by atoms with Crippen LogP contribution >= 0.6 is 21.6 Å². The van der Waals surface area contributed by atoms with Gasteiger partial charge in [0.25, 0.3) is 0 Å². The molecule has 1 aromatic heterocycles. The molecule has 8 aromatic rings. The Kier molecular flexibility index (Phi) is 31.5. The van der Waals surface area contributed by atoms with E-state index in [2.05, 4.69) is 47.9 Å². The van der Waals surface area contributed by atoms with Gasteiger partial charge in [-0.2, -0.15) is 0 Å². The molecule has 1 fully saturated rings. The second-order valence-electron chi connectivity index (χ2n) is 25.8. The molecule has 28 heteroatoms. The van der Waals surface area contributed by atoms with Crippen LogP contribution in [0.2, 0.25) is 0 Å². The lowest BCUT2D eigenvalue weighted by molar-refractivity contribution is -0.138. The predicted molar refractivity (Wildman–Crippen MR) is 409 cm³/mol. The molecule has 11 N–H and O–H groups in total. The zero-order chi connectivity index (χ0) is 76.6. The zero-order valence-electron chi connectivity index (χ0n) is 59.7. The van der Waals surface area contributed by atoms with Gasteiger partial charge in [-0.3, -0.25) is 47.7 Å². The van der Waals surface area contributed by atoms with Crippen molar-refractivity contribution in [3.05, 3.63) is 251 Å². The number of unbranched alkanes of at least 4 members (excludes halogenated alkanes) is 1. The molecule has 10 amide bonds. The van der Waals surface area contributed by atoms with Gasteiger partial charge in [0, 0.05) is 48.9 Å². The van der Waals surface area contributed by atoms with Crippen LogP contribution in [0, 0.1) is 0 Å². The number of aromatic nitrogens is 1. The first-order chi connectivity index (χ1) is 52.4. The number of carbonyl (C=O) groups is 11. The molecule has 1 saturated heterocycles. The number of rotatable bonds is 30. The molecule has 10 atom stereocenters.